The summed E-state index contributed by atoms with van der Waals surface area (Å²) in [5.74, 6) is 0.642. The Bertz CT molecular complexity index is 1050. The molecule has 1 amide bonds. The summed E-state index contributed by atoms with van der Waals surface area (Å²) in [6, 6.07) is 19.0. The summed E-state index contributed by atoms with van der Waals surface area (Å²) < 4.78 is 1.97. The molecule has 3 aromatic rings. The molecule has 0 saturated carbocycles. The fraction of sp³-hybridized carbons (Fsp3) is 0.273. The van der Waals surface area contributed by atoms with Gasteiger partial charge in [-0.15, -0.1) is 10.2 Å². The summed E-state index contributed by atoms with van der Waals surface area (Å²) in [7, 11) is 0. The van der Waals surface area contributed by atoms with Gasteiger partial charge >= 0.3 is 0 Å². The normalized spacial score (nSPS) is 11.7. The largest absolute Gasteiger partial charge is 0.310 e. The van der Waals surface area contributed by atoms with E-state index in [2.05, 4.69) is 16.3 Å². The predicted molar refractivity (Wildman–Crippen MR) is 120 cm³/mol. The third-order valence-corrected chi connectivity index (χ3v) is 5.83. The minimum atomic E-state index is -0.398. The van der Waals surface area contributed by atoms with Crippen LogP contribution in [-0.4, -0.2) is 32.5 Å². The summed E-state index contributed by atoms with van der Waals surface area (Å²) in [5.41, 5.74) is 1.66. The summed E-state index contributed by atoms with van der Waals surface area (Å²) in [4.78, 5) is 14.9. The number of anilines is 1. The number of carbonyl (C=O) groups is 1. The van der Waals surface area contributed by atoms with Crippen LogP contribution in [0.1, 0.15) is 20.3 Å². The van der Waals surface area contributed by atoms with E-state index in [1.807, 2.05) is 73.0 Å². The van der Waals surface area contributed by atoms with Gasteiger partial charge in [0.25, 0.3) is 0 Å². The second kappa shape index (κ2) is 10.3. The molecule has 0 saturated heterocycles. The Balaban J connectivity index is 1.83. The van der Waals surface area contributed by atoms with Gasteiger partial charge in [-0.2, -0.15) is 5.26 Å². The molecule has 30 heavy (non-hydrogen) atoms. The Kier molecular flexibility index (Phi) is 7.50. The van der Waals surface area contributed by atoms with E-state index in [-0.39, 0.29) is 12.3 Å². The van der Waals surface area contributed by atoms with Crippen LogP contribution in [0.25, 0.3) is 11.4 Å². The van der Waals surface area contributed by atoms with Gasteiger partial charge in [-0.25, -0.2) is 0 Å². The smallest absolute Gasteiger partial charge is 0.240 e. The SMILES string of the molecule is CCn1c(SC(C)C(=O)N(CCC#N)c2ccccc2)nnc1-c1cccc(Cl)c1. The third kappa shape index (κ3) is 5.02. The van der Waals surface area contributed by atoms with Crippen molar-refractivity contribution in [2.75, 3.05) is 11.4 Å². The zero-order valence-electron chi connectivity index (χ0n) is 16.8. The van der Waals surface area contributed by atoms with E-state index >= 15 is 0 Å². The van der Waals surface area contributed by atoms with Gasteiger partial charge in [0.05, 0.1) is 17.7 Å². The van der Waals surface area contributed by atoms with E-state index in [4.69, 9.17) is 16.9 Å². The lowest BCUT2D eigenvalue weighted by molar-refractivity contribution is -0.117. The quantitative estimate of drug-likeness (QED) is 0.459. The van der Waals surface area contributed by atoms with E-state index < -0.39 is 5.25 Å². The highest BCUT2D eigenvalue weighted by atomic mass is 35.5. The highest BCUT2D eigenvalue weighted by Crippen LogP contribution is 2.29. The Morgan fingerprint density at radius 3 is 2.67 bits per heavy atom. The van der Waals surface area contributed by atoms with Gasteiger partial charge in [0.15, 0.2) is 11.0 Å². The molecule has 3 rings (SSSR count). The third-order valence-electron chi connectivity index (χ3n) is 4.53. The van der Waals surface area contributed by atoms with Crippen molar-refractivity contribution in [2.45, 2.75) is 37.2 Å². The minimum absolute atomic E-state index is 0.0728. The van der Waals surface area contributed by atoms with E-state index in [0.29, 0.717) is 29.1 Å². The van der Waals surface area contributed by atoms with Crippen molar-refractivity contribution in [3.8, 4) is 17.5 Å². The molecule has 0 aliphatic rings. The number of nitriles is 1. The van der Waals surface area contributed by atoms with E-state index in [1.54, 1.807) is 4.90 Å². The van der Waals surface area contributed by atoms with Crippen molar-refractivity contribution in [3.63, 3.8) is 0 Å². The molecule has 6 nitrogen and oxygen atoms in total. The molecular weight excluding hydrogens is 418 g/mol. The van der Waals surface area contributed by atoms with Gasteiger partial charge in [0.2, 0.25) is 5.91 Å². The molecule has 8 heteroatoms. The van der Waals surface area contributed by atoms with Crippen molar-refractivity contribution in [3.05, 3.63) is 59.6 Å². The van der Waals surface area contributed by atoms with Crippen LogP contribution in [0.4, 0.5) is 5.69 Å². The van der Waals surface area contributed by atoms with E-state index in [9.17, 15) is 4.79 Å². The lowest BCUT2D eigenvalue weighted by Crippen LogP contribution is -2.37. The Morgan fingerprint density at radius 1 is 1.23 bits per heavy atom. The number of benzene rings is 2. The first-order valence-electron chi connectivity index (χ1n) is 9.64. The van der Waals surface area contributed by atoms with Crippen LogP contribution >= 0.6 is 23.4 Å². The first kappa shape index (κ1) is 21.9. The maximum absolute atomic E-state index is 13.2. The molecule has 1 heterocycles. The first-order valence-corrected chi connectivity index (χ1v) is 10.9. The molecule has 0 bridgehead atoms. The molecular formula is C22H22ClN5OS. The molecule has 0 spiro atoms. The molecule has 0 fully saturated rings. The van der Waals surface area contributed by atoms with Crippen LogP contribution in [0.2, 0.25) is 5.02 Å². The van der Waals surface area contributed by atoms with Gasteiger partial charge in [0, 0.05) is 29.4 Å². The molecule has 154 valence electrons. The monoisotopic (exact) mass is 439 g/mol. The predicted octanol–water partition coefficient (Wildman–Crippen LogP) is 5.05. The highest BCUT2D eigenvalue weighted by molar-refractivity contribution is 8.00. The lowest BCUT2D eigenvalue weighted by atomic mass is 10.2. The molecule has 1 atom stereocenters. The number of amides is 1. The van der Waals surface area contributed by atoms with Gasteiger partial charge < -0.3 is 9.47 Å². The Labute approximate surface area is 185 Å². The standard InChI is InChI=1S/C22H22ClN5OS/c1-3-27-20(17-9-7-10-18(23)15-17)25-26-22(27)30-16(2)21(29)28(14-8-13-24)19-11-5-4-6-12-19/h4-7,9-12,15-16H,3,8,14H2,1-2H3. The van der Waals surface area contributed by atoms with Crippen LogP contribution in [0, 0.1) is 11.3 Å². The first-order chi connectivity index (χ1) is 14.5. The zero-order chi connectivity index (χ0) is 21.5. The number of hydrogen-bond donors (Lipinski definition) is 0. The van der Waals surface area contributed by atoms with Crippen LogP contribution in [-0.2, 0) is 11.3 Å². The number of aromatic nitrogens is 3. The summed E-state index contributed by atoms with van der Waals surface area (Å²) in [5, 5.41) is 18.5. The number of rotatable bonds is 8. The Morgan fingerprint density at radius 2 is 2.00 bits per heavy atom. The van der Waals surface area contributed by atoms with Crippen LogP contribution < -0.4 is 4.90 Å². The number of nitrogens with zero attached hydrogens (tertiary/aromatic N) is 5. The molecule has 0 radical (unpaired) electrons. The molecule has 1 unspecified atom stereocenters. The number of para-hydroxylation sites is 1. The Hall–Kier alpha value is -2.82. The zero-order valence-corrected chi connectivity index (χ0v) is 18.4. The summed E-state index contributed by atoms with van der Waals surface area (Å²) >= 11 is 7.48. The lowest BCUT2D eigenvalue weighted by Gasteiger charge is -2.24. The van der Waals surface area contributed by atoms with Crippen molar-refractivity contribution >= 4 is 35.0 Å². The maximum atomic E-state index is 13.2. The molecule has 0 aliphatic heterocycles. The molecule has 1 aromatic heterocycles. The average molecular weight is 440 g/mol. The second-order valence-electron chi connectivity index (χ2n) is 6.55. The maximum Gasteiger partial charge on any atom is 0.240 e. The van der Waals surface area contributed by atoms with Crippen molar-refractivity contribution in [1.29, 1.82) is 5.26 Å². The summed E-state index contributed by atoms with van der Waals surface area (Å²) in [6.45, 7) is 4.87. The molecule has 0 aliphatic carbocycles. The van der Waals surface area contributed by atoms with Crippen LogP contribution in [0.3, 0.4) is 0 Å². The van der Waals surface area contributed by atoms with Crippen molar-refractivity contribution < 1.29 is 4.79 Å². The molecule has 0 N–H and O–H groups in total. The van der Waals surface area contributed by atoms with Gasteiger partial charge in [-0.3, -0.25) is 4.79 Å². The van der Waals surface area contributed by atoms with Crippen LogP contribution in [0.15, 0.2) is 59.8 Å². The van der Waals surface area contributed by atoms with E-state index in [0.717, 1.165) is 11.3 Å². The fourth-order valence-corrected chi connectivity index (χ4v) is 4.23. The average Bonchev–Trinajstić information content (AvgIpc) is 3.17. The van der Waals surface area contributed by atoms with E-state index in [1.165, 1.54) is 11.8 Å². The topological polar surface area (TPSA) is 74.8 Å². The second-order valence-corrected chi connectivity index (χ2v) is 8.30. The summed E-state index contributed by atoms with van der Waals surface area (Å²) in [6.07, 6.45) is 0.266. The van der Waals surface area contributed by atoms with Gasteiger partial charge in [-0.05, 0) is 38.1 Å². The number of carbonyl (C=O) groups excluding carboxylic acids is 1. The van der Waals surface area contributed by atoms with Gasteiger partial charge in [0.1, 0.15) is 0 Å². The van der Waals surface area contributed by atoms with Gasteiger partial charge in [-0.1, -0.05) is 53.7 Å². The number of halogens is 1. The molecule has 2 aromatic carbocycles. The minimum Gasteiger partial charge on any atom is -0.310 e. The number of thioether (sulfide) groups is 1. The highest BCUT2D eigenvalue weighted by Gasteiger charge is 2.25. The number of hydrogen-bond acceptors (Lipinski definition) is 5. The van der Waals surface area contributed by atoms with Crippen molar-refractivity contribution in [2.24, 2.45) is 0 Å². The van der Waals surface area contributed by atoms with Crippen LogP contribution in [0.5, 0.6) is 0 Å². The fourth-order valence-electron chi connectivity index (χ4n) is 3.07. The van der Waals surface area contributed by atoms with Crippen molar-refractivity contribution in [1.82, 2.24) is 14.8 Å².